The summed E-state index contributed by atoms with van der Waals surface area (Å²) in [5, 5.41) is 10.1. The summed E-state index contributed by atoms with van der Waals surface area (Å²) in [6.07, 6.45) is 0. The van der Waals surface area contributed by atoms with Gasteiger partial charge in [-0.25, -0.2) is 0 Å². The second kappa shape index (κ2) is 6.50. The second-order valence-electron chi connectivity index (χ2n) is 5.48. The first-order chi connectivity index (χ1) is 11.7. The van der Waals surface area contributed by atoms with E-state index in [9.17, 15) is 14.7 Å². The van der Waals surface area contributed by atoms with Crippen LogP contribution in [0.25, 0.3) is 0 Å². The van der Waals surface area contributed by atoms with Gasteiger partial charge < -0.3 is 5.11 Å². The van der Waals surface area contributed by atoms with E-state index in [4.69, 9.17) is 0 Å². The van der Waals surface area contributed by atoms with E-state index in [0.717, 1.165) is 0 Å². The Balaban J connectivity index is 2.32. The van der Waals surface area contributed by atoms with Crippen LogP contribution in [0.4, 0.5) is 0 Å². The smallest absolute Gasteiger partial charge is 0.326 e. The first-order valence-electron chi connectivity index (χ1n) is 7.61. The fourth-order valence-electron chi connectivity index (χ4n) is 2.96. The Bertz CT molecular complexity index is 801. The number of ketones is 1. The Morgan fingerprint density at radius 3 is 1.38 bits per heavy atom. The monoisotopic (exact) mass is 316 g/mol. The summed E-state index contributed by atoms with van der Waals surface area (Å²) in [5.74, 6) is -1.64. The number of carboxylic acids is 1. The van der Waals surface area contributed by atoms with E-state index in [1.165, 1.54) is 0 Å². The van der Waals surface area contributed by atoms with E-state index in [1.54, 1.807) is 91.0 Å². The van der Waals surface area contributed by atoms with Crippen molar-refractivity contribution in [1.82, 2.24) is 0 Å². The van der Waals surface area contributed by atoms with Gasteiger partial charge in [0, 0.05) is 5.56 Å². The minimum absolute atomic E-state index is 0.368. The number of hydrogen-bond acceptors (Lipinski definition) is 2. The lowest BCUT2D eigenvalue weighted by Crippen LogP contribution is -2.45. The van der Waals surface area contributed by atoms with Gasteiger partial charge in [-0.1, -0.05) is 91.0 Å². The first-order valence-corrected chi connectivity index (χ1v) is 7.61. The number of Topliss-reactive ketones (excluding diaryl/α,β-unsaturated/α-hetero) is 1. The van der Waals surface area contributed by atoms with Gasteiger partial charge in [0.2, 0.25) is 0 Å². The average Bonchev–Trinajstić information content (AvgIpc) is 2.64. The van der Waals surface area contributed by atoms with Crippen LogP contribution in [-0.2, 0) is 10.2 Å². The molecule has 0 saturated carbocycles. The minimum Gasteiger partial charge on any atom is -0.480 e. The molecule has 1 N–H and O–H groups in total. The summed E-state index contributed by atoms with van der Waals surface area (Å²) in [6.45, 7) is 0. The zero-order valence-corrected chi connectivity index (χ0v) is 12.9. The molecular formula is C21H16O3. The number of carboxylic acid groups (broad SMARTS) is 1. The normalized spacial score (nSPS) is 11.0. The highest BCUT2D eigenvalue weighted by atomic mass is 16.4. The largest absolute Gasteiger partial charge is 0.480 e. The second-order valence-corrected chi connectivity index (χ2v) is 5.48. The van der Waals surface area contributed by atoms with Gasteiger partial charge in [-0.15, -0.1) is 0 Å². The van der Waals surface area contributed by atoms with Crippen molar-refractivity contribution in [3.05, 3.63) is 108 Å². The Kier molecular flexibility index (Phi) is 4.25. The highest BCUT2D eigenvalue weighted by Gasteiger charge is 2.49. The van der Waals surface area contributed by atoms with Gasteiger partial charge in [-0.3, -0.25) is 9.59 Å². The predicted molar refractivity (Wildman–Crippen MR) is 92.1 cm³/mol. The highest BCUT2D eigenvalue weighted by molar-refractivity contribution is 6.19. The van der Waals surface area contributed by atoms with Crippen molar-refractivity contribution in [2.45, 2.75) is 5.41 Å². The molecule has 0 fully saturated rings. The molecule has 0 spiro atoms. The van der Waals surface area contributed by atoms with Crippen LogP contribution in [0.1, 0.15) is 21.5 Å². The quantitative estimate of drug-likeness (QED) is 0.573. The summed E-state index contributed by atoms with van der Waals surface area (Å²) in [4.78, 5) is 25.7. The molecule has 0 aliphatic carbocycles. The maximum atomic E-state index is 13.3. The van der Waals surface area contributed by atoms with Crippen molar-refractivity contribution in [1.29, 1.82) is 0 Å². The van der Waals surface area contributed by atoms with Crippen LogP contribution in [0.5, 0.6) is 0 Å². The Morgan fingerprint density at radius 1 is 0.625 bits per heavy atom. The Morgan fingerprint density at radius 2 is 1.00 bits per heavy atom. The zero-order valence-electron chi connectivity index (χ0n) is 12.9. The standard InChI is InChI=1S/C21H16O3/c22-19(16-10-4-1-5-11-16)21(20(23)24,17-12-6-2-7-13-17)18-14-8-3-9-15-18/h1-15H,(H,23,24). The van der Waals surface area contributed by atoms with E-state index < -0.39 is 17.2 Å². The predicted octanol–water partition coefficient (Wildman–Crippen LogP) is 3.94. The van der Waals surface area contributed by atoms with Crippen LogP contribution < -0.4 is 0 Å². The lowest BCUT2D eigenvalue weighted by molar-refractivity contribution is -0.140. The fraction of sp³-hybridized carbons (Fsp3) is 0.0476. The van der Waals surface area contributed by atoms with Crippen molar-refractivity contribution in [2.24, 2.45) is 0 Å². The highest BCUT2D eigenvalue weighted by Crippen LogP contribution is 2.36. The van der Waals surface area contributed by atoms with Gasteiger partial charge in [0.1, 0.15) is 0 Å². The van der Waals surface area contributed by atoms with Crippen LogP contribution in [0.15, 0.2) is 91.0 Å². The first kappa shape index (κ1) is 15.7. The molecule has 3 aromatic carbocycles. The molecule has 0 heterocycles. The number of benzene rings is 3. The van der Waals surface area contributed by atoms with Crippen molar-refractivity contribution < 1.29 is 14.7 Å². The average molecular weight is 316 g/mol. The molecule has 24 heavy (non-hydrogen) atoms. The van der Waals surface area contributed by atoms with E-state index in [-0.39, 0.29) is 0 Å². The number of hydrogen-bond donors (Lipinski definition) is 1. The van der Waals surface area contributed by atoms with Crippen LogP contribution >= 0.6 is 0 Å². The summed E-state index contributed by atoms with van der Waals surface area (Å²) in [7, 11) is 0. The van der Waals surface area contributed by atoms with E-state index in [2.05, 4.69) is 0 Å². The molecule has 118 valence electrons. The SMILES string of the molecule is O=C(O)C(C(=O)c1ccccc1)(c1ccccc1)c1ccccc1. The molecule has 0 aliphatic rings. The molecule has 0 bridgehead atoms. The Labute approximate surface area is 140 Å². The summed E-state index contributed by atoms with van der Waals surface area (Å²) >= 11 is 0. The van der Waals surface area contributed by atoms with Gasteiger partial charge >= 0.3 is 5.97 Å². The number of carbonyl (C=O) groups is 2. The van der Waals surface area contributed by atoms with Gasteiger partial charge in [-0.05, 0) is 11.1 Å². The molecule has 0 atom stereocenters. The third kappa shape index (κ3) is 2.50. The van der Waals surface area contributed by atoms with Crippen molar-refractivity contribution in [2.75, 3.05) is 0 Å². The van der Waals surface area contributed by atoms with Gasteiger partial charge in [-0.2, -0.15) is 0 Å². The van der Waals surface area contributed by atoms with Gasteiger partial charge in [0.25, 0.3) is 0 Å². The van der Waals surface area contributed by atoms with Crippen LogP contribution in [0, 0.1) is 0 Å². The maximum Gasteiger partial charge on any atom is 0.326 e. The molecule has 0 radical (unpaired) electrons. The summed E-state index contributed by atoms with van der Waals surface area (Å²) in [6, 6.07) is 25.9. The van der Waals surface area contributed by atoms with E-state index in [1.807, 2.05) is 0 Å². The Hall–Kier alpha value is -3.20. The molecule has 3 heteroatoms. The number of carbonyl (C=O) groups excluding carboxylic acids is 1. The molecule has 3 aromatic rings. The molecule has 3 nitrogen and oxygen atoms in total. The minimum atomic E-state index is -1.77. The van der Waals surface area contributed by atoms with E-state index >= 15 is 0 Å². The number of aliphatic carboxylic acids is 1. The number of rotatable bonds is 5. The van der Waals surface area contributed by atoms with Gasteiger partial charge in [0.15, 0.2) is 11.2 Å². The van der Waals surface area contributed by atoms with Crippen molar-refractivity contribution >= 4 is 11.8 Å². The topological polar surface area (TPSA) is 54.4 Å². The van der Waals surface area contributed by atoms with Crippen LogP contribution in [-0.4, -0.2) is 16.9 Å². The molecule has 3 rings (SSSR count). The van der Waals surface area contributed by atoms with Crippen molar-refractivity contribution in [3.8, 4) is 0 Å². The van der Waals surface area contributed by atoms with Crippen LogP contribution in [0.3, 0.4) is 0 Å². The molecule has 0 saturated heterocycles. The summed E-state index contributed by atoms with van der Waals surface area (Å²) < 4.78 is 0. The third-order valence-corrected chi connectivity index (χ3v) is 4.11. The van der Waals surface area contributed by atoms with E-state index in [0.29, 0.717) is 16.7 Å². The maximum absolute atomic E-state index is 13.3. The zero-order chi connectivity index (χ0) is 17.0. The van der Waals surface area contributed by atoms with Crippen LogP contribution in [0.2, 0.25) is 0 Å². The molecule has 0 aromatic heterocycles. The third-order valence-electron chi connectivity index (χ3n) is 4.11. The summed E-state index contributed by atoms with van der Waals surface area (Å²) in [5.41, 5.74) is -0.521. The molecule has 0 unspecified atom stereocenters. The molecule has 0 amide bonds. The lowest BCUT2D eigenvalue weighted by atomic mass is 9.69. The molecule has 0 aliphatic heterocycles. The van der Waals surface area contributed by atoms with Gasteiger partial charge in [0.05, 0.1) is 0 Å². The van der Waals surface area contributed by atoms with Crippen molar-refractivity contribution in [3.63, 3.8) is 0 Å². The lowest BCUT2D eigenvalue weighted by Gasteiger charge is -2.29. The fourth-order valence-corrected chi connectivity index (χ4v) is 2.96. The molecular weight excluding hydrogens is 300 g/mol.